The molecule has 0 N–H and O–H groups in total. The molecule has 8 heteroatoms. The van der Waals surface area contributed by atoms with Crippen molar-refractivity contribution in [3.8, 4) is 35.1 Å². The fourth-order valence-corrected chi connectivity index (χ4v) is 6.09. The average Bonchev–Trinajstić information content (AvgIpc) is 2.94. The Morgan fingerprint density at radius 2 is 1.24 bits per heavy atom. The lowest BCUT2D eigenvalue weighted by molar-refractivity contribution is 0.414. The maximum absolute atomic E-state index is 10.2. The summed E-state index contributed by atoms with van der Waals surface area (Å²) in [7, 11) is 3.22. The minimum absolute atomic E-state index is 0.0737. The SMILES string of the molecule is COc1ccc(Sc2c(Cl)c(C#N)c(C#N)c(Oc3cccc(C)c3C)c2Sc2ccc(OC)cc2)cc1. The quantitative estimate of drug-likeness (QED) is 0.214. The van der Waals surface area contributed by atoms with Gasteiger partial charge in [0, 0.05) is 9.79 Å². The van der Waals surface area contributed by atoms with Crippen LogP contribution in [0.3, 0.4) is 0 Å². The van der Waals surface area contributed by atoms with E-state index >= 15 is 0 Å². The largest absolute Gasteiger partial charge is 0.497 e. The zero-order valence-electron chi connectivity index (χ0n) is 21.2. The molecule has 4 aromatic carbocycles. The second-order valence-electron chi connectivity index (χ2n) is 8.13. The first-order chi connectivity index (χ1) is 18.4. The van der Waals surface area contributed by atoms with Crippen LogP contribution in [0.4, 0.5) is 0 Å². The van der Waals surface area contributed by atoms with E-state index in [1.807, 2.05) is 80.6 Å². The Balaban J connectivity index is 1.96. The van der Waals surface area contributed by atoms with Crippen LogP contribution in [-0.4, -0.2) is 14.2 Å². The molecule has 4 aromatic rings. The number of hydrogen-bond acceptors (Lipinski definition) is 7. The fraction of sp³-hybridized carbons (Fsp3) is 0.133. The van der Waals surface area contributed by atoms with Gasteiger partial charge in [0.25, 0.3) is 0 Å². The van der Waals surface area contributed by atoms with E-state index in [0.717, 1.165) is 32.4 Å². The summed E-state index contributed by atoms with van der Waals surface area (Å²) in [5.41, 5.74) is 2.15. The summed E-state index contributed by atoms with van der Waals surface area (Å²) in [4.78, 5) is 3.03. The van der Waals surface area contributed by atoms with Crippen molar-refractivity contribution in [2.45, 2.75) is 33.4 Å². The van der Waals surface area contributed by atoms with Gasteiger partial charge in [-0.05, 0) is 79.6 Å². The minimum atomic E-state index is 0.0737. The first kappa shape index (κ1) is 27.3. The normalized spacial score (nSPS) is 10.4. The highest BCUT2D eigenvalue weighted by Gasteiger charge is 2.27. The van der Waals surface area contributed by atoms with Crippen molar-refractivity contribution >= 4 is 35.1 Å². The Morgan fingerprint density at radius 1 is 0.711 bits per heavy atom. The number of benzene rings is 4. The summed E-state index contributed by atoms with van der Waals surface area (Å²) in [6.07, 6.45) is 0. The molecule has 0 spiro atoms. The minimum Gasteiger partial charge on any atom is -0.497 e. The van der Waals surface area contributed by atoms with Gasteiger partial charge in [0.1, 0.15) is 35.0 Å². The number of nitriles is 2. The number of aryl methyl sites for hydroxylation is 1. The Morgan fingerprint density at radius 3 is 1.74 bits per heavy atom. The summed E-state index contributed by atoms with van der Waals surface area (Å²) in [5, 5.41) is 20.4. The Bertz CT molecular complexity index is 1560. The number of ether oxygens (including phenoxy) is 3. The van der Waals surface area contributed by atoms with Crippen molar-refractivity contribution in [2.75, 3.05) is 14.2 Å². The topological polar surface area (TPSA) is 75.3 Å². The number of hydrogen-bond donors (Lipinski definition) is 0. The Labute approximate surface area is 235 Å². The first-order valence-corrected chi connectivity index (χ1v) is 13.5. The molecule has 0 aliphatic rings. The monoisotopic (exact) mass is 558 g/mol. The molecule has 190 valence electrons. The second kappa shape index (κ2) is 12.2. The third-order valence-electron chi connectivity index (χ3n) is 5.86. The number of methoxy groups -OCH3 is 2. The van der Waals surface area contributed by atoms with E-state index in [2.05, 4.69) is 12.1 Å². The standard InChI is InChI=1S/C30H23ClN2O3S2/c1-18-6-5-7-26(19(18)2)36-28-25(17-33)24(16-32)27(31)29(37-22-12-8-20(34-3)9-13-22)30(28)38-23-14-10-21(35-4)11-15-23/h5-15H,1-4H3. The van der Waals surface area contributed by atoms with Crippen molar-refractivity contribution in [3.63, 3.8) is 0 Å². The third-order valence-corrected chi connectivity index (χ3v) is 8.70. The van der Waals surface area contributed by atoms with Crippen LogP contribution < -0.4 is 14.2 Å². The number of halogens is 1. The van der Waals surface area contributed by atoms with Gasteiger partial charge in [0.15, 0.2) is 5.75 Å². The Hall–Kier alpha value is -3.75. The molecule has 0 saturated heterocycles. The van der Waals surface area contributed by atoms with Gasteiger partial charge >= 0.3 is 0 Å². The van der Waals surface area contributed by atoms with Crippen molar-refractivity contribution in [3.05, 3.63) is 94.0 Å². The maximum atomic E-state index is 10.2. The van der Waals surface area contributed by atoms with Gasteiger partial charge in [-0.3, -0.25) is 0 Å². The van der Waals surface area contributed by atoms with E-state index in [0.29, 0.717) is 21.3 Å². The molecule has 0 bridgehead atoms. The predicted molar refractivity (Wildman–Crippen MR) is 151 cm³/mol. The van der Waals surface area contributed by atoms with Gasteiger partial charge in [-0.1, -0.05) is 47.3 Å². The summed E-state index contributed by atoms with van der Waals surface area (Å²) in [5.74, 6) is 2.35. The van der Waals surface area contributed by atoms with Crippen LogP contribution in [0, 0.1) is 36.5 Å². The van der Waals surface area contributed by atoms with Crippen LogP contribution in [0.2, 0.25) is 5.02 Å². The van der Waals surface area contributed by atoms with E-state index in [4.69, 9.17) is 25.8 Å². The van der Waals surface area contributed by atoms with Crippen molar-refractivity contribution < 1.29 is 14.2 Å². The molecule has 38 heavy (non-hydrogen) atoms. The van der Waals surface area contributed by atoms with Gasteiger partial charge in [0.2, 0.25) is 0 Å². The van der Waals surface area contributed by atoms with E-state index in [-0.39, 0.29) is 16.1 Å². The van der Waals surface area contributed by atoms with Gasteiger partial charge in [-0.25, -0.2) is 0 Å². The Kier molecular flexibility index (Phi) is 8.76. The zero-order chi connectivity index (χ0) is 27.2. The van der Waals surface area contributed by atoms with Crippen LogP contribution in [0.1, 0.15) is 22.3 Å². The molecule has 0 saturated carbocycles. The predicted octanol–water partition coefficient (Wildman–Crippen LogP) is 8.81. The van der Waals surface area contributed by atoms with E-state index in [9.17, 15) is 10.5 Å². The van der Waals surface area contributed by atoms with Crippen molar-refractivity contribution in [1.29, 1.82) is 10.5 Å². The lowest BCUT2D eigenvalue weighted by Gasteiger charge is -2.20. The molecule has 0 amide bonds. The summed E-state index contributed by atoms with van der Waals surface area (Å²) >= 11 is 9.65. The van der Waals surface area contributed by atoms with E-state index in [1.165, 1.54) is 23.5 Å². The summed E-state index contributed by atoms with van der Waals surface area (Å²) < 4.78 is 17.1. The highest BCUT2D eigenvalue weighted by atomic mass is 35.5. The molecular formula is C30H23ClN2O3S2. The number of nitrogens with zero attached hydrogens (tertiary/aromatic N) is 2. The molecule has 0 aliphatic heterocycles. The average molecular weight is 559 g/mol. The van der Waals surface area contributed by atoms with Crippen LogP contribution in [0.25, 0.3) is 0 Å². The van der Waals surface area contributed by atoms with Gasteiger partial charge < -0.3 is 14.2 Å². The van der Waals surface area contributed by atoms with Crippen LogP contribution in [0.5, 0.6) is 23.0 Å². The summed E-state index contributed by atoms with van der Waals surface area (Å²) in [6.45, 7) is 3.95. The molecule has 4 rings (SSSR count). The van der Waals surface area contributed by atoms with Crippen molar-refractivity contribution in [2.24, 2.45) is 0 Å². The summed E-state index contributed by atoms with van der Waals surface area (Å²) in [6, 6.07) is 25.1. The van der Waals surface area contributed by atoms with Gasteiger partial charge in [-0.2, -0.15) is 10.5 Å². The molecule has 0 unspecified atom stereocenters. The van der Waals surface area contributed by atoms with Crippen LogP contribution in [0.15, 0.2) is 86.3 Å². The van der Waals surface area contributed by atoms with E-state index in [1.54, 1.807) is 14.2 Å². The molecule has 0 aliphatic carbocycles. The third kappa shape index (κ3) is 5.71. The molecular weight excluding hydrogens is 536 g/mol. The smallest absolute Gasteiger partial charge is 0.161 e. The highest BCUT2D eigenvalue weighted by molar-refractivity contribution is 8.02. The molecule has 0 aromatic heterocycles. The second-order valence-corrected chi connectivity index (χ2v) is 10.7. The maximum Gasteiger partial charge on any atom is 0.161 e. The highest BCUT2D eigenvalue weighted by Crippen LogP contribution is 2.52. The molecule has 0 radical (unpaired) electrons. The molecule has 0 heterocycles. The molecule has 5 nitrogen and oxygen atoms in total. The van der Waals surface area contributed by atoms with Gasteiger partial charge in [0.05, 0.1) is 34.6 Å². The van der Waals surface area contributed by atoms with Crippen LogP contribution in [-0.2, 0) is 0 Å². The lowest BCUT2D eigenvalue weighted by Crippen LogP contribution is -2.00. The van der Waals surface area contributed by atoms with Gasteiger partial charge in [-0.15, -0.1) is 0 Å². The lowest BCUT2D eigenvalue weighted by atomic mass is 10.1. The van der Waals surface area contributed by atoms with E-state index < -0.39 is 0 Å². The zero-order valence-corrected chi connectivity index (χ0v) is 23.6. The first-order valence-electron chi connectivity index (χ1n) is 11.5. The van der Waals surface area contributed by atoms with Crippen LogP contribution >= 0.6 is 35.1 Å². The fourth-order valence-electron chi connectivity index (χ4n) is 3.61. The van der Waals surface area contributed by atoms with Crippen molar-refractivity contribution in [1.82, 2.24) is 0 Å². The molecule has 0 fully saturated rings. The molecule has 0 atom stereocenters. The number of rotatable bonds is 8.